The normalized spacial score (nSPS) is 21.1. The standard InChI is InChI=1S/C9H12N4O/c10-9(14)7-3-2-6-13(7)8-4-1-5-11-12-8/h1,4-5,7H,2-3,6H2,(H2,10,14). The third-order valence-electron chi connectivity index (χ3n) is 2.43. The predicted octanol–water partition coefficient (Wildman–Crippen LogP) is -0.0693. The number of primary amides is 1. The van der Waals surface area contributed by atoms with E-state index in [-0.39, 0.29) is 11.9 Å². The van der Waals surface area contributed by atoms with E-state index in [1.165, 1.54) is 0 Å². The average molecular weight is 192 g/mol. The Morgan fingerprint density at radius 2 is 2.50 bits per heavy atom. The van der Waals surface area contributed by atoms with Gasteiger partial charge in [-0.3, -0.25) is 4.79 Å². The Kier molecular flexibility index (Phi) is 2.30. The molecule has 0 aliphatic carbocycles. The molecule has 1 aromatic heterocycles. The summed E-state index contributed by atoms with van der Waals surface area (Å²) in [6.07, 6.45) is 3.40. The molecule has 1 unspecified atom stereocenters. The minimum Gasteiger partial charge on any atom is -0.368 e. The molecular formula is C9H12N4O. The van der Waals surface area contributed by atoms with Crippen molar-refractivity contribution in [2.45, 2.75) is 18.9 Å². The number of nitrogens with zero attached hydrogens (tertiary/aromatic N) is 3. The highest BCUT2D eigenvalue weighted by Gasteiger charge is 2.29. The molecule has 0 bridgehead atoms. The topological polar surface area (TPSA) is 72.1 Å². The number of hydrogen-bond donors (Lipinski definition) is 1. The van der Waals surface area contributed by atoms with Crippen LogP contribution in [0.3, 0.4) is 0 Å². The second-order valence-corrected chi connectivity index (χ2v) is 3.34. The number of aromatic nitrogens is 2. The third kappa shape index (κ3) is 1.53. The number of anilines is 1. The first kappa shape index (κ1) is 8.93. The van der Waals surface area contributed by atoms with E-state index < -0.39 is 0 Å². The van der Waals surface area contributed by atoms with E-state index in [4.69, 9.17) is 5.73 Å². The van der Waals surface area contributed by atoms with Gasteiger partial charge in [-0.05, 0) is 25.0 Å². The molecule has 1 aliphatic heterocycles. The van der Waals surface area contributed by atoms with Gasteiger partial charge in [0, 0.05) is 12.7 Å². The fraction of sp³-hybridized carbons (Fsp3) is 0.444. The van der Waals surface area contributed by atoms with Gasteiger partial charge in [0.15, 0.2) is 5.82 Å². The minimum atomic E-state index is -0.284. The lowest BCUT2D eigenvalue weighted by atomic mass is 10.2. The Morgan fingerprint density at radius 3 is 3.14 bits per heavy atom. The smallest absolute Gasteiger partial charge is 0.240 e. The average Bonchev–Trinajstić information content (AvgIpc) is 2.67. The lowest BCUT2D eigenvalue weighted by Crippen LogP contribution is -2.40. The molecule has 2 heterocycles. The fourth-order valence-electron chi connectivity index (χ4n) is 1.78. The number of rotatable bonds is 2. The molecule has 1 atom stereocenters. The summed E-state index contributed by atoms with van der Waals surface area (Å²) in [4.78, 5) is 13.0. The van der Waals surface area contributed by atoms with Gasteiger partial charge >= 0.3 is 0 Å². The van der Waals surface area contributed by atoms with E-state index in [0.717, 1.165) is 25.2 Å². The van der Waals surface area contributed by atoms with E-state index >= 15 is 0 Å². The Labute approximate surface area is 81.9 Å². The van der Waals surface area contributed by atoms with Crippen molar-refractivity contribution in [3.8, 4) is 0 Å². The highest BCUT2D eigenvalue weighted by molar-refractivity contribution is 5.83. The molecule has 1 saturated heterocycles. The summed E-state index contributed by atoms with van der Waals surface area (Å²) in [6.45, 7) is 0.826. The van der Waals surface area contributed by atoms with Gasteiger partial charge in [0.25, 0.3) is 0 Å². The first-order valence-corrected chi connectivity index (χ1v) is 4.62. The lowest BCUT2D eigenvalue weighted by molar-refractivity contribution is -0.119. The van der Waals surface area contributed by atoms with E-state index in [9.17, 15) is 4.79 Å². The molecule has 14 heavy (non-hydrogen) atoms. The molecule has 0 saturated carbocycles. The summed E-state index contributed by atoms with van der Waals surface area (Å²) in [5, 5.41) is 7.74. The maximum absolute atomic E-state index is 11.1. The zero-order valence-corrected chi connectivity index (χ0v) is 7.76. The first-order valence-electron chi connectivity index (χ1n) is 4.62. The van der Waals surface area contributed by atoms with Crippen LogP contribution < -0.4 is 10.6 Å². The van der Waals surface area contributed by atoms with Crippen molar-refractivity contribution in [3.63, 3.8) is 0 Å². The van der Waals surface area contributed by atoms with Gasteiger partial charge < -0.3 is 10.6 Å². The summed E-state index contributed by atoms with van der Waals surface area (Å²) >= 11 is 0. The summed E-state index contributed by atoms with van der Waals surface area (Å²) in [5.74, 6) is 0.446. The van der Waals surface area contributed by atoms with Gasteiger partial charge in [0.1, 0.15) is 6.04 Å². The maximum Gasteiger partial charge on any atom is 0.240 e. The Morgan fingerprint density at radius 1 is 1.64 bits per heavy atom. The van der Waals surface area contributed by atoms with Gasteiger partial charge in [-0.2, -0.15) is 5.10 Å². The summed E-state index contributed by atoms with van der Waals surface area (Å²) in [6, 6.07) is 3.43. The molecule has 0 aromatic carbocycles. The van der Waals surface area contributed by atoms with Gasteiger partial charge in [-0.15, -0.1) is 5.10 Å². The molecule has 1 aromatic rings. The molecular weight excluding hydrogens is 180 g/mol. The van der Waals surface area contributed by atoms with Gasteiger partial charge in [-0.1, -0.05) is 0 Å². The zero-order chi connectivity index (χ0) is 9.97. The predicted molar refractivity (Wildman–Crippen MR) is 51.6 cm³/mol. The molecule has 0 radical (unpaired) electrons. The number of amides is 1. The number of carbonyl (C=O) groups is 1. The zero-order valence-electron chi connectivity index (χ0n) is 7.76. The van der Waals surface area contributed by atoms with E-state index in [1.54, 1.807) is 12.3 Å². The van der Waals surface area contributed by atoms with Crippen molar-refractivity contribution < 1.29 is 4.79 Å². The highest BCUT2D eigenvalue weighted by Crippen LogP contribution is 2.22. The fourth-order valence-corrected chi connectivity index (χ4v) is 1.78. The van der Waals surface area contributed by atoms with Gasteiger partial charge in [0.05, 0.1) is 0 Å². The maximum atomic E-state index is 11.1. The van der Waals surface area contributed by atoms with Crippen molar-refractivity contribution in [1.82, 2.24) is 10.2 Å². The largest absolute Gasteiger partial charge is 0.368 e. The molecule has 5 heteroatoms. The van der Waals surface area contributed by atoms with E-state index in [2.05, 4.69) is 10.2 Å². The molecule has 1 amide bonds. The van der Waals surface area contributed by atoms with Crippen molar-refractivity contribution in [3.05, 3.63) is 18.3 Å². The highest BCUT2D eigenvalue weighted by atomic mass is 16.1. The van der Waals surface area contributed by atoms with Gasteiger partial charge in [-0.25, -0.2) is 0 Å². The Hall–Kier alpha value is -1.65. The SMILES string of the molecule is NC(=O)C1CCCN1c1cccnn1. The van der Waals surface area contributed by atoms with E-state index in [0.29, 0.717) is 0 Å². The van der Waals surface area contributed by atoms with Crippen LogP contribution in [0.2, 0.25) is 0 Å². The second kappa shape index (κ2) is 3.61. The second-order valence-electron chi connectivity index (χ2n) is 3.34. The van der Waals surface area contributed by atoms with Crippen LogP contribution >= 0.6 is 0 Å². The first-order chi connectivity index (χ1) is 6.79. The van der Waals surface area contributed by atoms with Crippen LogP contribution in [0.1, 0.15) is 12.8 Å². The molecule has 1 fully saturated rings. The van der Waals surface area contributed by atoms with Crippen LogP contribution in [0.15, 0.2) is 18.3 Å². The van der Waals surface area contributed by atoms with Crippen molar-refractivity contribution >= 4 is 11.7 Å². The Balaban J connectivity index is 2.22. The van der Waals surface area contributed by atoms with Crippen LogP contribution in [0.25, 0.3) is 0 Å². The molecule has 1 aliphatic rings. The third-order valence-corrected chi connectivity index (χ3v) is 2.43. The summed E-state index contributed by atoms with van der Waals surface area (Å²) in [7, 11) is 0. The van der Waals surface area contributed by atoms with Crippen molar-refractivity contribution in [2.24, 2.45) is 5.73 Å². The summed E-state index contributed by atoms with van der Waals surface area (Å²) < 4.78 is 0. The van der Waals surface area contributed by atoms with Crippen LogP contribution in [0, 0.1) is 0 Å². The van der Waals surface area contributed by atoms with Crippen LogP contribution in [-0.2, 0) is 4.79 Å². The molecule has 2 rings (SSSR count). The van der Waals surface area contributed by atoms with E-state index in [1.807, 2.05) is 11.0 Å². The van der Waals surface area contributed by atoms with Gasteiger partial charge in [0.2, 0.25) is 5.91 Å². The minimum absolute atomic E-state index is 0.216. The van der Waals surface area contributed by atoms with Crippen LogP contribution in [0.5, 0.6) is 0 Å². The molecule has 5 nitrogen and oxygen atoms in total. The molecule has 0 spiro atoms. The Bertz CT molecular complexity index is 327. The number of hydrogen-bond acceptors (Lipinski definition) is 4. The molecule has 74 valence electrons. The lowest BCUT2D eigenvalue weighted by Gasteiger charge is -2.22. The molecule has 2 N–H and O–H groups in total. The summed E-state index contributed by atoms with van der Waals surface area (Å²) in [5.41, 5.74) is 5.30. The van der Waals surface area contributed by atoms with Crippen LogP contribution in [-0.4, -0.2) is 28.7 Å². The quantitative estimate of drug-likeness (QED) is 0.712. The monoisotopic (exact) mass is 192 g/mol. The van der Waals surface area contributed by atoms with Crippen molar-refractivity contribution in [2.75, 3.05) is 11.4 Å². The van der Waals surface area contributed by atoms with Crippen molar-refractivity contribution in [1.29, 1.82) is 0 Å². The number of carbonyl (C=O) groups excluding carboxylic acids is 1. The van der Waals surface area contributed by atoms with Crippen LogP contribution in [0.4, 0.5) is 5.82 Å². The number of nitrogens with two attached hydrogens (primary N) is 1.